The van der Waals surface area contributed by atoms with Crippen LogP contribution in [-0.4, -0.2) is 29.1 Å². The molecule has 3 rings (SSSR count). The molecule has 0 unspecified atom stereocenters. The van der Waals surface area contributed by atoms with E-state index in [0.29, 0.717) is 17.1 Å². The second-order valence-electron chi connectivity index (χ2n) is 10.3. The highest BCUT2D eigenvalue weighted by atomic mass is 35.5. The third-order valence-corrected chi connectivity index (χ3v) is 6.22. The number of hydrogen-bond acceptors (Lipinski definition) is 5. The second kappa shape index (κ2) is 12.6. The molecule has 0 bridgehead atoms. The number of rotatable bonds is 9. The zero-order valence-electron chi connectivity index (χ0n) is 22.9. The summed E-state index contributed by atoms with van der Waals surface area (Å²) in [6.07, 6.45) is -1.04. The molecule has 0 aliphatic heterocycles. The van der Waals surface area contributed by atoms with E-state index in [2.05, 4.69) is 20.9 Å². The molecule has 0 saturated heterocycles. The van der Waals surface area contributed by atoms with Gasteiger partial charge >= 0.3 is 6.09 Å². The van der Waals surface area contributed by atoms with E-state index in [4.69, 9.17) is 16.3 Å². The first-order valence-electron chi connectivity index (χ1n) is 12.5. The molecule has 0 fully saturated rings. The maximum Gasteiger partial charge on any atom is 0.413 e. The van der Waals surface area contributed by atoms with E-state index < -0.39 is 42.3 Å². The minimum absolute atomic E-state index is 0.000354. The molecule has 0 spiro atoms. The van der Waals surface area contributed by atoms with Crippen LogP contribution in [0.3, 0.4) is 0 Å². The standard InChI is InChI=1S/C29H32ClF3N4O3/c1-17-13-24(37-27(39)40-28(3,4)5)36-18(2)21(17)15-34-25(38)14-20-22(30)11-12-23(26(20)31)35-16-29(32,33)19-9-7-6-8-10-19/h6-13,35H,14-16H2,1-5H3,(H,34,38)(H,36,37,39). The monoisotopic (exact) mass is 576 g/mol. The van der Waals surface area contributed by atoms with Gasteiger partial charge in [0.1, 0.15) is 11.4 Å². The van der Waals surface area contributed by atoms with E-state index in [1.54, 1.807) is 46.8 Å². The first kappa shape index (κ1) is 30.7. The third-order valence-electron chi connectivity index (χ3n) is 5.87. The second-order valence-corrected chi connectivity index (χ2v) is 10.7. The lowest BCUT2D eigenvalue weighted by Crippen LogP contribution is -2.28. The number of carbonyl (C=O) groups excluding carboxylic acids is 2. The summed E-state index contributed by atoms with van der Waals surface area (Å²) in [6.45, 7) is 8.02. The van der Waals surface area contributed by atoms with Crippen molar-refractivity contribution >= 4 is 35.1 Å². The molecule has 40 heavy (non-hydrogen) atoms. The minimum Gasteiger partial charge on any atom is -0.444 e. The van der Waals surface area contributed by atoms with Crippen molar-refractivity contribution in [1.82, 2.24) is 10.3 Å². The highest BCUT2D eigenvalue weighted by molar-refractivity contribution is 6.31. The summed E-state index contributed by atoms with van der Waals surface area (Å²) in [4.78, 5) is 29.1. The fourth-order valence-corrected chi connectivity index (χ4v) is 4.11. The number of nitrogens with zero attached hydrogens (tertiary/aromatic N) is 1. The Balaban J connectivity index is 1.64. The predicted molar refractivity (Wildman–Crippen MR) is 149 cm³/mol. The quantitative estimate of drug-likeness (QED) is 0.258. The number of nitrogens with one attached hydrogen (secondary N) is 3. The summed E-state index contributed by atoms with van der Waals surface area (Å²) < 4.78 is 49.5. The lowest BCUT2D eigenvalue weighted by molar-refractivity contribution is -0.120. The average Bonchev–Trinajstić information content (AvgIpc) is 2.85. The molecule has 2 aromatic carbocycles. The van der Waals surface area contributed by atoms with Gasteiger partial charge in [-0.3, -0.25) is 10.1 Å². The van der Waals surface area contributed by atoms with E-state index in [9.17, 15) is 18.4 Å². The van der Waals surface area contributed by atoms with Gasteiger partial charge in [-0.25, -0.2) is 14.2 Å². The molecule has 3 aromatic rings. The Kier molecular flexibility index (Phi) is 9.68. The smallest absolute Gasteiger partial charge is 0.413 e. The van der Waals surface area contributed by atoms with Gasteiger partial charge in [-0.2, -0.15) is 8.78 Å². The van der Waals surface area contributed by atoms with Crippen LogP contribution in [0.1, 0.15) is 48.7 Å². The molecule has 0 aliphatic rings. The first-order valence-corrected chi connectivity index (χ1v) is 12.9. The molecule has 0 radical (unpaired) electrons. The van der Waals surface area contributed by atoms with Crippen molar-refractivity contribution in [2.45, 2.75) is 59.1 Å². The lowest BCUT2D eigenvalue weighted by atomic mass is 10.1. The Morgan fingerprint density at radius 1 is 1.02 bits per heavy atom. The highest BCUT2D eigenvalue weighted by Crippen LogP contribution is 2.31. The van der Waals surface area contributed by atoms with E-state index >= 15 is 4.39 Å². The van der Waals surface area contributed by atoms with Crippen molar-refractivity contribution in [1.29, 1.82) is 0 Å². The Morgan fingerprint density at radius 2 is 1.70 bits per heavy atom. The molecule has 1 aromatic heterocycles. The zero-order valence-corrected chi connectivity index (χ0v) is 23.7. The van der Waals surface area contributed by atoms with Crippen molar-refractivity contribution in [3.63, 3.8) is 0 Å². The summed E-state index contributed by atoms with van der Waals surface area (Å²) in [6, 6.07) is 11.5. The summed E-state index contributed by atoms with van der Waals surface area (Å²) >= 11 is 6.15. The molecule has 11 heteroatoms. The van der Waals surface area contributed by atoms with Gasteiger partial charge in [0.2, 0.25) is 5.91 Å². The summed E-state index contributed by atoms with van der Waals surface area (Å²) in [7, 11) is 0. The van der Waals surface area contributed by atoms with Crippen molar-refractivity contribution in [3.8, 4) is 0 Å². The van der Waals surface area contributed by atoms with Gasteiger partial charge < -0.3 is 15.4 Å². The van der Waals surface area contributed by atoms with Gasteiger partial charge in [-0.1, -0.05) is 41.9 Å². The number of aromatic nitrogens is 1. The van der Waals surface area contributed by atoms with Gasteiger partial charge in [-0.05, 0) is 63.9 Å². The summed E-state index contributed by atoms with van der Waals surface area (Å²) in [5.74, 6) is -4.34. The molecular weight excluding hydrogens is 545 g/mol. The number of benzene rings is 2. The molecule has 1 heterocycles. The number of alkyl halides is 2. The maximum atomic E-state index is 15.2. The largest absolute Gasteiger partial charge is 0.444 e. The Morgan fingerprint density at radius 3 is 2.33 bits per heavy atom. The third kappa shape index (κ3) is 8.35. The van der Waals surface area contributed by atoms with Crippen LogP contribution in [0.5, 0.6) is 0 Å². The number of pyridine rings is 1. The maximum absolute atomic E-state index is 15.2. The van der Waals surface area contributed by atoms with Crippen molar-refractivity contribution < 1.29 is 27.5 Å². The number of ether oxygens (including phenoxy) is 1. The van der Waals surface area contributed by atoms with Gasteiger partial charge in [0.15, 0.2) is 5.82 Å². The van der Waals surface area contributed by atoms with Gasteiger partial charge in [0, 0.05) is 28.4 Å². The SMILES string of the molecule is Cc1cc(NC(=O)OC(C)(C)C)nc(C)c1CNC(=O)Cc1c(Cl)ccc(NCC(F)(F)c2ccccc2)c1F. The van der Waals surface area contributed by atoms with Crippen LogP contribution in [0.4, 0.5) is 29.5 Å². The predicted octanol–water partition coefficient (Wildman–Crippen LogP) is 6.90. The van der Waals surface area contributed by atoms with Gasteiger partial charge in [0.05, 0.1) is 18.7 Å². The number of hydrogen-bond donors (Lipinski definition) is 3. The molecule has 0 saturated carbocycles. The Hall–Kier alpha value is -3.79. The number of aryl methyl sites for hydroxylation is 2. The van der Waals surface area contributed by atoms with Crippen molar-refractivity contribution in [2.24, 2.45) is 0 Å². The minimum atomic E-state index is -3.24. The van der Waals surface area contributed by atoms with E-state index in [-0.39, 0.29) is 28.4 Å². The molecule has 0 aliphatic carbocycles. The van der Waals surface area contributed by atoms with Crippen LogP contribution in [0.15, 0.2) is 48.5 Å². The Labute approximate surface area is 236 Å². The fraction of sp³-hybridized carbons (Fsp3) is 0.345. The summed E-state index contributed by atoms with van der Waals surface area (Å²) in [5, 5.41) is 7.73. The topological polar surface area (TPSA) is 92.3 Å². The van der Waals surface area contributed by atoms with Crippen LogP contribution in [0.2, 0.25) is 5.02 Å². The van der Waals surface area contributed by atoms with Crippen molar-refractivity contribution in [2.75, 3.05) is 17.2 Å². The highest BCUT2D eigenvalue weighted by Gasteiger charge is 2.31. The van der Waals surface area contributed by atoms with E-state index in [1.807, 2.05) is 0 Å². The summed E-state index contributed by atoms with van der Waals surface area (Å²) in [5.41, 5.74) is 0.874. The number of carbonyl (C=O) groups is 2. The normalized spacial score (nSPS) is 11.6. The van der Waals surface area contributed by atoms with Crippen LogP contribution in [0.25, 0.3) is 0 Å². The molecule has 7 nitrogen and oxygen atoms in total. The number of amides is 2. The van der Waals surface area contributed by atoms with Crippen molar-refractivity contribution in [3.05, 3.63) is 87.3 Å². The van der Waals surface area contributed by atoms with E-state index in [0.717, 1.165) is 5.56 Å². The van der Waals surface area contributed by atoms with E-state index in [1.165, 1.54) is 36.4 Å². The van der Waals surface area contributed by atoms with Gasteiger partial charge in [0.25, 0.3) is 5.92 Å². The first-order chi connectivity index (χ1) is 18.7. The fourth-order valence-electron chi connectivity index (χ4n) is 3.89. The van der Waals surface area contributed by atoms with Crippen LogP contribution in [0, 0.1) is 19.7 Å². The van der Waals surface area contributed by atoms with Crippen LogP contribution in [-0.2, 0) is 28.4 Å². The molecule has 0 atom stereocenters. The zero-order chi connectivity index (χ0) is 29.7. The molecular formula is C29H32ClF3N4O3. The van der Waals surface area contributed by atoms with Crippen LogP contribution < -0.4 is 16.0 Å². The van der Waals surface area contributed by atoms with Crippen LogP contribution >= 0.6 is 11.6 Å². The molecule has 214 valence electrons. The Bertz CT molecular complexity index is 1360. The lowest BCUT2D eigenvalue weighted by Gasteiger charge is -2.20. The number of halogens is 4. The molecule has 2 amide bonds. The molecule has 3 N–H and O–H groups in total. The average molecular weight is 577 g/mol. The van der Waals surface area contributed by atoms with Gasteiger partial charge in [-0.15, -0.1) is 0 Å². The number of anilines is 2.